The molecule has 1 aliphatic heterocycles. The molecule has 0 atom stereocenters. The average Bonchev–Trinajstić information content (AvgIpc) is 3.11. The molecule has 1 nitrogen and oxygen atoms in total. The topological polar surface area (TPSA) is 3.24 Å². The molecule has 0 saturated heterocycles. The lowest BCUT2D eigenvalue weighted by Gasteiger charge is -2.33. The summed E-state index contributed by atoms with van der Waals surface area (Å²) in [7, 11) is 0. The maximum atomic E-state index is 2.39. The molecule has 1 heterocycles. The summed E-state index contributed by atoms with van der Waals surface area (Å²) in [4.78, 5) is 4.90. The molecule has 0 aliphatic carbocycles. The minimum absolute atomic E-state index is 1.16. The summed E-state index contributed by atoms with van der Waals surface area (Å²) >= 11 is 1.86. The molecule has 2 heteroatoms. The number of benzene rings is 7. The molecule has 1 aliphatic rings. The third-order valence-corrected chi connectivity index (χ3v) is 9.38. The average molecular weight is 580 g/mol. The molecule has 8 rings (SSSR count). The molecule has 44 heavy (non-hydrogen) atoms. The largest absolute Gasteiger partial charge is 0.308 e. The van der Waals surface area contributed by atoms with Gasteiger partial charge in [0.05, 0.1) is 11.4 Å². The quantitative estimate of drug-likeness (QED) is 0.199. The van der Waals surface area contributed by atoms with Crippen LogP contribution in [-0.4, -0.2) is 0 Å². The van der Waals surface area contributed by atoms with E-state index in [1.165, 1.54) is 65.7 Å². The van der Waals surface area contributed by atoms with Crippen molar-refractivity contribution in [1.82, 2.24) is 0 Å². The first-order chi connectivity index (χ1) is 21.8. The van der Waals surface area contributed by atoms with Crippen LogP contribution in [0.2, 0.25) is 0 Å². The number of fused-ring (bicyclic) bond motifs is 2. The van der Waals surface area contributed by atoms with Crippen molar-refractivity contribution in [2.75, 3.05) is 4.90 Å². The molecule has 7 aromatic carbocycles. The van der Waals surface area contributed by atoms with Gasteiger partial charge >= 0.3 is 0 Å². The Labute approximate surface area is 263 Å². The first-order valence-electron chi connectivity index (χ1n) is 14.9. The molecule has 0 aromatic heterocycles. The van der Waals surface area contributed by atoms with Crippen LogP contribution in [0.15, 0.2) is 186 Å². The van der Waals surface area contributed by atoms with Crippen molar-refractivity contribution >= 4 is 28.8 Å². The summed E-state index contributed by atoms with van der Waals surface area (Å²) in [5.74, 6) is 0. The number of rotatable bonds is 5. The van der Waals surface area contributed by atoms with Gasteiger partial charge in [0, 0.05) is 15.5 Å². The van der Waals surface area contributed by atoms with Crippen LogP contribution >= 0.6 is 11.8 Å². The van der Waals surface area contributed by atoms with E-state index >= 15 is 0 Å². The van der Waals surface area contributed by atoms with Crippen molar-refractivity contribution in [3.8, 4) is 44.5 Å². The van der Waals surface area contributed by atoms with Gasteiger partial charge in [-0.1, -0.05) is 151 Å². The maximum absolute atomic E-state index is 2.39. The fourth-order valence-electron chi connectivity index (χ4n) is 6.00. The predicted molar refractivity (Wildman–Crippen MR) is 187 cm³/mol. The highest BCUT2D eigenvalue weighted by Crippen LogP contribution is 2.53. The van der Waals surface area contributed by atoms with Crippen LogP contribution in [-0.2, 0) is 0 Å². The zero-order valence-electron chi connectivity index (χ0n) is 24.1. The van der Waals surface area contributed by atoms with E-state index < -0.39 is 0 Å². The first kappa shape index (κ1) is 26.3. The zero-order valence-corrected chi connectivity index (χ0v) is 24.9. The highest BCUT2D eigenvalue weighted by Gasteiger charge is 2.25. The molecule has 0 amide bonds. The van der Waals surface area contributed by atoms with E-state index in [1.54, 1.807) is 0 Å². The van der Waals surface area contributed by atoms with Crippen LogP contribution in [0, 0.1) is 0 Å². The minimum atomic E-state index is 1.16. The van der Waals surface area contributed by atoms with Crippen LogP contribution in [0.5, 0.6) is 0 Å². The Bertz CT molecular complexity index is 1920. The number of hydrogen-bond donors (Lipinski definition) is 0. The molecule has 0 unspecified atom stereocenters. The highest BCUT2D eigenvalue weighted by atomic mass is 32.2. The molecule has 0 saturated carbocycles. The fraction of sp³-hybridized carbons (Fsp3) is 0. The Hall–Kier alpha value is -5.31. The second-order valence-corrected chi connectivity index (χ2v) is 12.1. The van der Waals surface area contributed by atoms with E-state index in [4.69, 9.17) is 0 Å². The SMILES string of the molecule is c1ccc(-c2ccc(-c3ccc4c(c3)Sc3cc(-c5ccc(-c6ccccc6)cc5)ccc3N4c3ccccc3)cc2)cc1. The molecule has 7 aromatic rings. The summed E-state index contributed by atoms with van der Waals surface area (Å²) in [6.45, 7) is 0. The van der Waals surface area contributed by atoms with Crippen LogP contribution < -0.4 is 4.90 Å². The van der Waals surface area contributed by atoms with Gasteiger partial charge in [0.15, 0.2) is 0 Å². The number of anilines is 3. The van der Waals surface area contributed by atoms with Gasteiger partial charge in [-0.3, -0.25) is 0 Å². The van der Waals surface area contributed by atoms with E-state index in [2.05, 4.69) is 181 Å². The van der Waals surface area contributed by atoms with Gasteiger partial charge in [-0.05, 0) is 80.9 Å². The Morgan fingerprint density at radius 2 is 0.614 bits per heavy atom. The zero-order chi connectivity index (χ0) is 29.3. The fourth-order valence-corrected chi connectivity index (χ4v) is 7.13. The van der Waals surface area contributed by atoms with Crippen molar-refractivity contribution in [2.24, 2.45) is 0 Å². The van der Waals surface area contributed by atoms with Gasteiger partial charge in [0.1, 0.15) is 0 Å². The maximum Gasteiger partial charge on any atom is 0.0602 e. The summed E-state index contributed by atoms with van der Waals surface area (Å²) in [5, 5.41) is 0. The molecule has 208 valence electrons. The second-order valence-electron chi connectivity index (χ2n) is 11.0. The van der Waals surface area contributed by atoms with E-state index in [0.29, 0.717) is 0 Å². The summed E-state index contributed by atoms with van der Waals surface area (Å²) in [6, 6.07) is 63.3. The van der Waals surface area contributed by atoms with Crippen LogP contribution in [0.1, 0.15) is 0 Å². The van der Waals surface area contributed by atoms with E-state index in [9.17, 15) is 0 Å². The van der Waals surface area contributed by atoms with Gasteiger partial charge in [-0.25, -0.2) is 0 Å². The molecule has 0 radical (unpaired) electrons. The Morgan fingerprint density at radius 3 is 1.02 bits per heavy atom. The van der Waals surface area contributed by atoms with Crippen molar-refractivity contribution in [3.05, 3.63) is 176 Å². The molecule has 0 spiro atoms. The lowest BCUT2D eigenvalue weighted by Crippen LogP contribution is -2.14. The minimum Gasteiger partial charge on any atom is -0.308 e. The van der Waals surface area contributed by atoms with Gasteiger partial charge < -0.3 is 4.90 Å². The first-order valence-corrected chi connectivity index (χ1v) is 15.7. The predicted octanol–water partition coefficient (Wildman–Crippen LogP) is 12.3. The van der Waals surface area contributed by atoms with Gasteiger partial charge in [0.25, 0.3) is 0 Å². The van der Waals surface area contributed by atoms with Crippen LogP contribution in [0.4, 0.5) is 17.1 Å². The Morgan fingerprint density at radius 1 is 0.295 bits per heavy atom. The van der Waals surface area contributed by atoms with E-state index in [1.807, 2.05) is 11.8 Å². The Balaban J connectivity index is 1.16. The van der Waals surface area contributed by atoms with Crippen molar-refractivity contribution in [2.45, 2.75) is 9.79 Å². The van der Waals surface area contributed by atoms with Crippen molar-refractivity contribution < 1.29 is 0 Å². The highest BCUT2D eigenvalue weighted by molar-refractivity contribution is 7.99. The monoisotopic (exact) mass is 579 g/mol. The molecule has 0 N–H and O–H groups in total. The van der Waals surface area contributed by atoms with Gasteiger partial charge in [0.2, 0.25) is 0 Å². The molecular weight excluding hydrogens is 551 g/mol. The van der Waals surface area contributed by atoms with Crippen molar-refractivity contribution in [3.63, 3.8) is 0 Å². The lowest BCUT2D eigenvalue weighted by atomic mass is 9.99. The lowest BCUT2D eigenvalue weighted by molar-refractivity contribution is 1.17. The standard InChI is InChI=1S/C42H29NS/c1-4-10-30(11-5-1)32-16-20-34(21-17-32)36-24-26-39-41(28-36)44-42-29-37(25-27-40(42)43(39)38-14-8-3-9-15-38)35-22-18-33(19-23-35)31-12-6-2-7-13-31/h1-29H. The smallest absolute Gasteiger partial charge is 0.0602 e. The van der Waals surface area contributed by atoms with Crippen LogP contribution in [0.25, 0.3) is 44.5 Å². The molecule has 0 bridgehead atoms. The summed E-state index contributed by atoms with van der Waals surface area (Å²) in [5.41, 5.74) is 13.4. The third-order valence-electron chi connectivity index (χ3n) is 8.29. The summed E-state index contributed by atoms with van der Waals surface area (Å²) < 4.78 is 0. The van der Waals surface area contributed by atoms with Crippen LogP contribution in [0.3, 0.4) is 0 Å². The number of nitrogens with zero attached hydrogens (tertiary/aromatic N) is 1. The van der Waals surface area contributed by atoms with Gasteiger partial charge in [-0.15, -0.1) is 0 Å². The molecular formula is C42H29NS. The number of hydrogen-bond acceptors (Lipinski definition) is 2. The second kappa shape index (κ2) is 11.4. The third kappa shape index (κ3) is 5.00. The normalized spacial score (nSPS) is 12.0. The molecule has 0 fully saturated rings. The Kier molecular flexibility index (Phi) is 6.83. The summed E-state index contributed by atoms with van der Waals surface area (Å²) in [6.07, 6.45) is 0. The van der Waals surface area contributed by atoms with E-state index in [0.717, 1.165) is 5.69 Å². The van der Waals surface area contributed by atoms with Crippen molar-refractivity contribution in [1.29, 1.82) is 0 Å². The number of para-hydroxylation sites is 1. The van der Waals surface area contributed by atoms with Gasteiger partial charge in [-0.2, -0.15) is 0 Å². The van der Waals surface area contributed by atoms with E-state index in [-0.39, 0.29) is 0 Å².